The number of rotatable bonds is 0. The van der Waals surface area contributed by atoms with Gasteiger partial charge in [-0.2, -0.15) is 0 Å². The fourth-order valence-electron chi connectivity index (χ4n) is 0.464. The predicted octanol–water partition coefficient (Wildman–Crippen LogP) is -0.735. The molecule has 52 valence electrons. The molecule has 0 radical (unpaired) electrons. The van der Waals surface area contributed by atoms with E-state index in [-0.39, 0.29) is 11.5 Å². The Bertz CT molecular complexity index is 170. The number of aromatic hydroxyl groups is 2. The van der Waals surface area contributed by atoms with Gasteiger partial charge >= 0.3 is 0 Å². The molecule has 0 aliphatic rings. The van der Waals surface area contributed by atoms with Gasteiger partial charge < -0.3 is 10.2 Å². The molecular formula is C6H10B2O2. The maximum atomic E-state index is 8.67. The lowest BCUT2D eigenvalue weighted by molar-refractivity contribution is 0.404. The molecule has 0 aliphatic heterocycles. The smallest absolute Gasteiger partial charge is 0.157 e. The molecule has 0 fully saturated rings. The summed E-state index contributed by atoms with van der Waals surface area (Å²) in [5.74, 6) is -0.153. The Morgan fingerprint density at radius 2 is 1.20 bits per heavy atom. The molecular weight excluding hydrogens is 126 g/mol. The summed E-state index contributed by atoms with van der Waals surface area (Å²) < 4.78 is 0. The van der Waals surface area contributed by atoms with Gasteiger partial charge in [0, 0.05) is 0 Å². The van der Waals surface area contributed by atoms with Crippen LogP contribution in [-0.4, -0.2) is 25.7 Å². The highest BCUT2D eigenvalue weighted by atomic mass is 16.3. The average molecular weight is 136 g/mol. The van der Waals surface area contributed by atoms with Crippen molar-refractivity contribution in [3.05, 3.63) is 24.3 Å². The minimum atomic E-state index is -0.0764. The second-order valence-electron chi connectivity index (χ2n) is 1.49. The first-order valence-electron chi connectivity index (χ1n) is 3.27. The molecule has 1 aromatic rings. The van der Waals surface area contributed by atoms with Gasteiger partial charge in [0.05, 0.1) is 15.5 Å². The van der Waals surface area contributed by atoms with Crippen LogP contribution in [0.2, 0.25) is 0 Å². The topological polar surface area (TPSA) is 40.5 Å². The van der Waals surface area contributed by atoms with Gasteiger partial charge in [-0.25, -0.2) is 0 Å². The molecule has 0 atom stereocenters. The first kappa shape index (κ1) is 8.95. The predicted molar refractivity (Wildman–Crippen MR) is 46.9 cm³/mol. The maximum absolute atomic E-state index is 8.67. The number of para-hydroxylation sites is 2. The summed E-state index contributed by atoms with van der Waals surface area (Å²) in [6, 6.07) is 6.15. The van der Waals surface area contributed by atoms with Crippen molar-refractivity contribution in [1.82, 2.24) is 0 Å². The van der Waals surface area contributed by atoms with E-state index in [2.05, 4.69) is 0 Å². The number of hydrogen-bond donors (Lipinski definition) is 2. The van der Waals surface area contributed by atoms with Crippen LogP contribution in [0.15, 0.2) is 24.3 Å². The lowest BCUT2D eigenvalue weighted by atomic mass is 9.81. The molecule has 0 unspecified atom stereocenters. The highest BCUT2D eigenvalue weighted by molar-refractivity contribution is 6.75. The van der Waals surface area contributed by atoms with E-state index in [0.717, 1.165) is 0 Å². The lowest BCUT2D eigenvalue weighted by Crippen LogP contribution is -1.63. The third-order valence-corrected chi connectivity index (χ3v) is 0.882. The lowest BCUT2D eigenvalue weighted by Gasteiger charge is -1.91. The van der Waals surface area contributed by atoms with E-state index in [4.69, 9.17) is 10.2 Å². The first-order valence-corrected chi connectivity index (χ1v) is 3.27. The molecule has 0 bridgehead atoms. The maximum Gasteiger partial charge on any atom is 0.157 e. The Morgan fingerprint density at radius 3 is 1.40 bits per heavy atom. The zero-order chi connectivity index (χ0) is 7.98. The molecule has 0 heterocycles. The molecule has 0 spiro atoms. The number of phenolic OH excluding ortho intramolecular Hbond substituents is 2. The second-order valence-corrected chi connectivity index (χ2v) is 1.49. The van der Waals surface area contributed by atoms with Crippen LogP contribution >= 0.6 is 0 Å². The Kier molecular flexibility index (Phi) is 4.29. The van der Waals surface area contributed by atoms with Gasteiger partial charge in [-0.15, -0.1) is 0 Å². The van der Waals surface area contributed by atoms with E-state index < -0.39 is 0 Å². The van der Waals surface area contributed by atoms with Crippen LogP contribution in [0.3, 0.4) is 0 Å². The highest BCUT2D eigenvalue weighted by Gasteiger charge is 1.90. The Balaban J connectivity index is 0.000000371. The molecule has 1 aromatic carbocycles. The van der Waals surface area contributed by atoms with Gasteiger partial charge in [-0.1, -0.05) is 12.1 Å². The van der Waals surface area contributed by atoms with E-state index in [0.29, 0.717) is 0 Å². The van der Waals surface area contributed by atoms with Gasteiger partial charge in [0.2, 0.25) is 0 Å². The molecule has 2 nitrogen and oxygen atoms in total. The molecule has 0 saturated carbocycles. The SMILES string of the molecule is BB.Oc1ccccc1O. The number of benzene rings is 1. The molecule has 0 saturated heterocycles. The molecule has 4 heteroatoms. The monoisotopic (exact) mass is 136 g/mol. The summed E-state index contributed by atoms with van der Waals surface area (Å²) in [5.41, 5.74) is 0. The Morgan fingerprint density at radius 1 is 0.900 bits per heavy atom. The minimum Gasteiger partial charge on any atom is -0.504 e. The van der Waals surface area contributed by atoms with Crippen molar-refractivity contribution in [1.29, 1.82) is 0 Å². The van der Waals surface area contributed by atoms with E-state index in [9.17, 15) is 0 Å². The van der Waals surface area contributed by atoms with E-state index in [1.54, 1.807) is 12.1 Å². The zero-order valence-corrected chi connectivity index (χ0v) is 6.20. The van der Waals surface area contributed by atoms with Gasteiger partial charge in [-0.3, -0.25) is 0 Å². The zero-order valence-electron chi connectivity index (χ0n) is 6.20. The van der Waals surface area contributed by atoms with Crippen LogP contribution in [0.25, 0.3) is 0 Å². The van der Waals surface area contributed by atoms with Crippen molar-refractivity contribution in [2.24, 2.45) is 0 Å². The van der Waals surface area contributed by atoms with Crippen molar-refractivity contribution in [2.75, 3.05) is 0 Å². The summed E-state index contributed by atoms with van der Waals surface area (Å²) in [7, 11) is 4.00. The van der Waals surface area contributed by atoms with Crippen LogP contribution in [0.1, 0.15) is 0 Å². The van der Waals surface area contributed by atoms with E-state index in [1.165, 1.54) is 12.1 Å². The molecule has 0 amide bonds. The van der Waals surface area contributed by atoms with Crippen molar-refractivity contribution < 1.29 is 10.2 Å². The molecule has 2 N–H and O–H groups in total. The van der Waals surface area contributed by atoms with E-state index >= 15 is 0 Å². The van der Waals surface area contributed by atoms with Crippen molar-refractivity contribution in [3.8, 4) is 11.5 Å². The van der Waals surface area contributed by atoms with Crippen LogP contribution in [0, 0.1) is 0 Å². The number of phenols is 2. The van der Waals surface area contributed by atoms with Gasteiger partial charge in [0.15, 0.2) is 11.5 Å². The van der Waals surface area contributed by atoms with Gasteiger partial charge in [-0.05, 0) is 12.1 Å². The summed E-state index contributed by atoms with van der Waals surface area (Å²) in [6.45, 7) is 0. The second kappa shape index (κ2) is 4.79. The standard InChI is InChI=1S/C6H6O2.B2H4/c7-5-3-1-2-4-6(5)8;1-2/h1-4,7-8H;1-2H2. The number of hydrogen-bond acceptors (Lipinski definition) is 2. The van der Waals surface area contributed by atoms with Crippen LogP contribution in [-0.2, 0) is 0 Å². The van der Waals surface area contributed by atoms with Gasteiger partial charge in [0.1, 0.15) is 0 Å². The Hall–Kier alpha value is -1.05. The summed E-state index contributed by atoms with van der Waals surface area (Å²) in [5, 5.41) is 17.3. The molecule has 0 aliphatic carbocycles. The van der Waals surface area contributed by atoms with E-state index in [1.807, 2.05) is 15.5 Å². The normalized spacial score (nSPS) is 7.60. The fourth-order valence-corrected chi connectivity index (χ4v) is 0.464. The Labute approximate surface area is 62.3 Å². The average Bonchev–Trinajstić information content (AvgIpc) is 2.00. The van der Waals surface area contributed by atoms with Gasteiger partial charge in [0.25, 0.3) is 0 Å². The quantitative estimate of drug-likeness (QED) is 0.364. The third kappa shape index (κ3) is 2.49. The van der Waals surface area contributed by atoms with Crippen LogP contribution in [0.4, 0.5) is 0 Å². The van der Waals surface area contributed by atoms with Crippen LogP contribution in [0.5, 0.6) is 11.5 Å². The first-order chi connectivity index (χ1) is 4.80. The summed E-state index contributed by atoms with van der Waals surface area (Å²) in [6.07, 6.45) is 0. The molecule has 0 aromatic heterocycles. The minimum absolute atomic E-state index is 0.0764. The summed E-state index contributed by atoms with van der Waals surface area (Å²) >= 11 is 0. The highest BCUT2D eigenvalue weighted by Crippen LogP contribution is 2.21. The third-order valence-electron chi connectivity index (χ3n) is 0.882. The fraction of sp³-hybridized carbons (Fsp3) is 0. The largest absolute Gasteiger partial charge is 0.504 e. The van der Waals surface area contributed by atoms with Crippen molar-refractivity contribution in [3.63, 3.8) is 0 Å². The molecule has 1 rings (SSSR count). The van der Waals surface area contributed by atoms with Crippen LogP contribution < -0.4 is 0 Å². The molecule has 10 heavy (non-hydrogen) atoms. The summed E-state index contributed by atoms with van der Waals surface area (Å²) in [4.78, 5) is 0. The van der Waals surface area contributed by atoms with Crippen molar-refractivity contribution >= 4 is 15.5 Å². The van der Waals surface area contributed by atoms with Crippen molar-refractivity contribution in [2.45, 2.75) is 0 Å².